The number of rotatable bonds is 6. The number of aliphatic hydroxyl groups is 1. The minimum absolute atomic E-state index is 0.265. The fraction of sp³-hybridized carbons (Fsp3) is 0.240. The highest BCUT2D eigenvalue weighted by Gasteiger charge is 2.20. The molecule has 0 radical (unpaired) electrons. The van der Waals surface area contributed by atoms with E-state index in [9.17, 15) is 9.90 Å². The van der Waals surface area contributed by atoms with Crippen molar-refractivity contribution in [2.24, 2.45) is 0 Å². The maximum absolute atomic E-state index is 11.1. The van der Waals surface area contributed by atoms with Gasteiger partial charge < -0.3 is 15.5 Å². The molecule has 3 aromatic rings. The van der Waals surface area contributed by atoms with Gasteiger partial charge in [-0.15, -0.1) is 0 Å². The van der Waals surface area contributed by atoms with Crippen LogP contribution in [0, 0.1) is 0 Å². The summed E-state index contributed by atoms with van der Waals surface area (Å²) >= 11 is 12.1. The molecule has 1 aliphatic rings. The first-order chi connectivity index (χ1) is 14.9. The van der Waals surface area contributed by atoms with Crippen molar-refractivity contribution in [3.8, 4) is 11.1 Å². The maximum Gasteiger partial charge on any atom is 0.335 e. The van der Waals surface area contributed by atoms with Gasteiger partial charge in [0, 0.05) is 22.6 Å². The Morgan fingerprint density at radius 2 is 1.65 bits per heavy atom. The number of aryl methyl sites for hydroxylation is 1. The molecule has 1 aliphatic carbocycles. The van der Waals surface area contributed by atoms with Crippen molar-refractivity contribution in [1.82, 2.24) is 5.32 Å². The molecule has 31 heavy (non-hydrogen) atoms. The maximum atomic E-state index is 11.1. The lowest BCUT2D eigenvalue weighted by Crippen LogP contribution is -2.37. The molecule has 0 fully saturated rings. The molecule has 2 atom stereocenters. The van der Waals surface area contributed by atoms with E-state index >= 15 is 0 Å². The third kappa shape index (κ3) is 5.28. The summed E-state index contributed by atoms with van der Waals surface area (Å²) in [5, 5.41) is 24.1. The Bertz CT molecular complexity index is 1080. The number of hydrogen-bond acceptors (Lipinski definition) is 3. The van der Waals surface area contributed by atoms with Crippen LogP contribution in [0.15, 0.2) is 60.7 Å². The molecule has 0 saturated carbocycles. The zero-order valence-corrected chi connectivity index (χ0v) is 18.3. The average Bonchev–Trinajstić information content (AvgIpc) is 2.76. The second kappa shape index (κ2) is 9.41. The second-order valence-corrected chi connectivity index (χ2v) is 8.81. The number of aliphatic hydroxyl groups excluding tert-OH is 1. The molecule has 6 heteroatoms. The summed E-state index contributed by atoms with van der Waals surface area (Å²) < 4.78 is 0. The molecule has 160 valence electrons. The van der Waals surface area contributed by atoms with Crippen LogP contribution in [-0.4, -0.2) is 28.8 Å². The van der Waals surface area contributed by atoms with Gasteiger partial charge in [-0.25, -0.2) is 4.79 Å². The van der Waals surface area contributed by atoms with E-state index in [0.717, 1.165) is 30.4 Å². The highest BCUT2D eigenvalue weighted by molar-refractivity contribution is 6.34. The Balaban J connectivity index is 1.43. The monoisotopic (exact) mass is 455 g/mol. The second-order valence-electron chi connectivity index (χ2n) is 7.93. The van der Waals surface area contributed by atoms with Gasteiger partial charge in [0.15, 0.2) is 0 Å². The summed E-state index contributed by atoms with van der Waals surface area (Å²) in [6, 6.07) is 18.8. The van der Waals surface area contributed by atoms with Gasteiger partial charge in [0.05, 0.1) is 11.7 Å². The van der Waals surface area contributed by atoms with Crippen molar-refractivity contribution < 1.29 is 15.0 Å². The SMILES string of the molecule is O=C(O)c1ccc(-c2ccc3c(c2)C[C@@H](NC[C@@H](O)c2cc(Cl)cc(Cl)c2)CC3)cc1. The van der Waals surface area contributed by atoms with Crippen molar-refractivity contribution in [1.29, 1.82) is 0 Å². The number of aromatic carboxylic acids is 1. The first kappa shape index (κ1) is 21.8. The average molecular weight is 456 g/mol. The number of nitrogens with one attached hydrogen (secondary N) is 1. The number of carbonyl (C=O) groups is 1. The molecular weight excluding hydrogens is 433 g/mol. The van der Waals surface area contributed by atoms with Crippen molar-refractivity contribution in [2.75, 3.05) is 6.54 Å². The lowest BCUT2D eigenvalue weighted by molar-refractivity contribution is 0.0697. The molecule has 0 unspecified atom stereocenters. The zero-order valence-electron chi connectivity index (χ0n) is 16.8. The van der Waals surface area contributed by atoms with E-state index in [1.807, 2.05) is 12.1 Å². The minimum Gasteiger partial charge on any atom is -0.478 e. The van der Waals surface area contributed by atoms with Gasteiger partial charge in [-0.05, 0) is 77.4 Å². The highest BCUT2D eigenvalue weighted by atomic mass is 35.5. The molecule has 3 N–H and O–H groups in total. The van der Waals surface area contributed by atoms with E-state index in [-0.39, 0.29) is 11.6 Å². The van der Waals surface area contributed by atoms with Crippen LogP contribution in [0.2, 0.25) is 10.0 Å². The molecule has 0 spiro atoms. The lowest BCUT2D eigenvalue weighted by Gasteiger charge is -2.27. The molecule has 0 aromatic heterocycles. The molecule has 4 nitrogen and oxygen atoms in total. The van der Waals surface area contributed by atoms with Crippen molar-refractivity contribution in [3.63, 3.8) is 0 Å². The van der Waals surface area contributed by atoms with Gasteiger partial charge in [-0.2, -0.15) is 0 Å². The fourth-order valence-electron chi connectivity index (χ4n) is 4.08. The van der Waals surface area contributed by atoms with Gasteiger partial charge in [0.1, 0.15) is 0 Å². The van der Waals surface area contributed by atoms with Gasteiger partial charge >= 0.3 is 5.97 Å². The minimum atomic E-state index is -0.923. The summed E-state index contributed by atoms with van der Waals surface area (Å²) in [5.74, 6) is -0.923. The summed E-state index contributed by atoms with van der Waals surface area (Å²) in [7, 11) is 0. The lowest BCUT2D eigenvalue weighted by atomic mass is 9.86. The topological polar surface area (TPSA) is 69.6 Å². The van der Waals surface area contributed by atoms with Crippen LogP contribution in [0.1, 0.15) is 39.6 Å². The van der Waals surface area contributed by atoms with Crippen LogP contribution < -0.4 is 5.32 Å². The predicted octanol–water partition coefficient (Wildman–Crippen LogP) is 5.54. The van der Waals surface area contributed by atoms with Crippen LogP contribution in [0.5, 0.6) is 0 Å². The van der Waals surface area contributed by atoms with Crippen molar-refractivity contribution >= 4 is 29.2 Å². The fourth-order valence-corrected chi connectivity index (χ4v) is 4.62. The Labute approximate surface area is 191 Å². The van der Waals surface area contributed by atoms with Crippen LogP contribution in [0.4, 0.5) is 0 Å². The number of benzene rings is 3. The Morgan fingerprint density at radius 3 is 2.32 bits per heavy atom. The Morgan fingerprint density at radius 1 is 0.968 bits per heavy atom. The largest absolute Gasteiger partial charge is 0.478 e. The number of carboxylic acids is 1. The van der Waals surface area contributed by atoms with E-state index in [1.165, 1.54) is 11.1 Å². The van der Waals surface area contributed by atoms with Crippen molar-refractivity contribution in [2.45, 2.75) is 31.4 Å². The highest BCUT2D eigenvalue weighted by Crippen LogP contribution is 2.29. The molecule has 3 aromatic carbocycles. The quantitative estimate of drug-likeness (QED) is 0.456. The number of fused-ring (bicyclic) bond motifs is 1. The predicted molar refractivity (Wildman–Crippen MR) is 124 cm³/mol. The molecule has 0 heterocycles. The number of halogens is 2. The Hall–Kier alpha value is -2.37. The van der Waals surface area contributed by atoms with E-state index in [2.05, 4.69) is 23.5 Å². The summed E-state index contributed by atoms with van der Waals surface area (Å²) in [4.78, 5) is 11.1. The molecule has 4 rings (SSSR count). The first-order valence-electron chi connectivity index (χ1n) is 10.2. The van der Waals surface area contributed by atoms with Gasteiger partial charge in [0.2, 0.25) is 0 Å². The van der Waals surface area contributed by atoms with E-state index in [4.69, 9.17) is 28.3 Å². The third-order valence-electron chi connectivity index (χ3n) is 5.77. The standard InChI is InChI=1S/C25H23Cl2NO3/c26-21-10-20(11-22(27)13-21)24(29)14-28-23-8-7-16-3-6-18(9-19(16)12-23)15-1-4-17(5-2-15)25(30)31/h1-6,9-11,13,23-24,28-29H,7-8,12,14H2,(H,30,31)/t23-,24+/m0/s1. The summed E-state index contributed by atoms with van der Waals surface area (Å²) in [6.45, 7) is 0.424. The zero-order chi connectivity index (χ0) is 22.0. The van der Waals surface area contributed by atoms with E-state index < -0.39 is 12.1 Å². The van der Waals surface area contributed by atoms with Gasteiger partial charge in [-0.1, -0.05) is 53.5 Å². The number of carboxylic acid groups (broad SMARTS) is 1. The van der Waals surface area contributed by atoms with Crippen LogP contribution in [0.3, 0.4) is 0 Å². The van der Waals surface area contributed by atoms with Crippen LogP contribution in [0.25, 0.3) is 11.1 Å². The van der Waals surface area contributed by atoms with Crippen molar-refractivity contribution in [3.05, 3.63) is 93.0 Å². The molecule has 0 aliphatic heterocycles. The normalized spacial score (nSPS) is 16.5. The number of hydrogen-bond donors (Lipinski definition) is 3. The summed E-state index contributed by atoms with van der Waals surface area (Å²) in [5.41, 5.74) is 5.68. The van der Waals surface area contributed by atoms with Crippen LogP contribution >= 0.6 is 23.2 Å². The third-order valence-corrected chi connectivity index (χ3v) is 6.21. The molecule has 0 saturated heterocycles. The summed E-state index contributed by atoms with van der Waals surface area (Å²) in [6.07, 6.45) is 2.17. The van der Waals surface area contributed by atoms with E-state index in [1.54, 1.807) is 30.3 Å². The molecule has 0 bridgehead atoms. The molecule has 0 amide bonds. The Kier molecular flexibility index (Phi) is 6.63. The van der Waals surface area contributed by atoms with Crippen LogP contribution in [-0.2, 0) is 12.8 Å². The van der Waals surface area contributed by atoms with Gasteiger partial charge in [0.25, 0.3) is 0 Å². The molecular formula is C25H23Cl2NO3. The first-order valence-corrected chi connectivity index (χ1v) is 11.0. The van der Waals surface area contributed by atoms with Gasteiger partial charge in [-0.3, -0.25) is 0 Å². The smallest absolute Gasteiger partial charge is 0.335 e. The van der Waals surface area contributed by atoms with E-state index in [0.29, 0.717) is 22.2 Å².